The second-order valence-corrected chi connectivity index (χ2v) is 9.19. The van der Waals surface area contributed by atoms with E-state index in [0.29, 0.717) is 36.2 Å². The zero-order valence-electron chi connectivity index (χ0n) is 20.5. The zero-order chi connectivity index (χ0) is 24.9. The molecule has 188 valence electrons. The van der Waals surface area contributed by atoms with Crippen LogP contribution in [0.4, 0.5) is 23.0 Å². The lowest BCUT2D eigenvalue weighted by Gasteiger charge is -2.34. The Hall–Kier alpha value is -3.76. The lowest BCUT2D eigenvalue weighted by atomic mass is 10.1. The number of carbonyl (C=O) groups is 1. The summed E-state index contributed by atoms with van der Waals surface area (Å²) in [5.74, 6) is 0.208. The number of likely N-dealkylation sites (N-methyl/N-ethyl adjacent to an activating group) is 1. The minimum atomic E-state index is -0.658. The number of nitrogens with two attached hydrogens (primary N) is 1. The molecule has 0 unspecified atom stereocenters. The maximum absolute atomic E-state index is 12.4. The summed E-state index contributed by atoms with van der Waals surface area (Å²) < 4.78 is 5.50. The highest BCUT2D eigenvalue weighted by molar-refractivity contribution is 5.97. The Morgan fingerprint density at radius 3 is 2.42 bits per heavy atom. The summed E-state index contributed by atoms with van der Waals surface area (Å²) in [6.07, 6.45) is 3.40. The summed E-state index contributed by atoms with van der Waals surface area (Å²) in [7, 11) is 2.14. The van der Waals surface area contributed by atoms with E-state index >= 15 is 0 Å². The van der Waals surface area contributed by atoms with Crippen LogP contribution in [-0.2, 0) is 4.74 Å². The third-order valence-corrected chi connectivity index (χ3v) is 6.60. The summed E-state index contributed by atoms with van der Waals surface area (Å²) in [4.78, 5) is 31.0. The number of nitrogens with zero attached hydrogens (tertiary/aromatic N) is 5. The number of aromatic nitrogens is 3. The largest absolute Gasteiger partial charge is 0.381 e. The van der Waals surface area contributed by atoms with Crippen LogP contribution in [0.1, 0.15) is 23.3 Å². The fraction of sp³-hybridized carbons (Fsp3) is 0.385. The van der Waals surface area contributed by atoms with Crippen LogP contribution in [0, 0.1) is 0 Å². The first kappa shape index (κ1) is 24.0. The maximum Gasteiger partial charge on any atom is 0.271 e. The third kappa shape index (κ3) is 5.55. The molecule has 1 amide bonds. The highest BCUT2D eigenvalue weighted by Crippen LogP contribution is 2.30. The second-order valence-electron chi connectivity index (χ2n) is 9.19. The van der Waals surface area contributed by atoms with Crippen molar-refractivity contribution in [3.63, 3.8) is 0 Å². The first-order chi connectivity index (χ1) is 17.6. The minimum absolute atomic E-state index is 0.0660. The SMILES string of the molecule is CN1CCN(c2ccc(Nc3nc(NC4CCOCC4)c(-c4ccccn4)nc3C(N)=O)cc2)CC1. The molecule has 36 heavy (non-hydrogen) atoms. The molecule has 0 atom stereocenters. The first-order valence-electron chi connectivity index (χ1n) is 12.3. The van der Waals surface area contributed by atoms with Crippen molar-refractivity contribution >= 4 is 28.9 Å². The number of hydrogen-bond donors (Lipinski definition) is 3. The Balaban J connectivity index is 1.45. The molecule has 2 fully saturated rings. The summed E-state index contributed by atoms with van der Waals surface area (Å²) in [5, 5.41) is 6.76. The first-order valence-corrected chi connectivity index (χ1v) is 12.3. The standard InChI is InChI=1S/C26H32N8O2/c1-33-12-14-34(15-13-33)20-7-5-18(6-8-20)29-26-23(24(27)35)31-22(21-4-2-3-11-28-21)25(32-26)30-19-9-16-36-17-10-19/h2-8,11,19H,9-10,12-17H2,1H3,(H2,27,35)(H2,29,30,32). The van der Waals surface area contributed by atoms with Crippen LogP contribution in [-0.4, -0.2) is 78.2 Å². The Morgan fingerprint density at radius 2 is 1.75 bits per heavy atom. The zero-order valence-corrected chi connectivity index (χ0v) is 20.5. The van der Waals surface area contributed by atoms with E-state index in [1.165, 1.54) is 5.69 Å². The van der Waals surface area contributed by atoms with E-state index in [9.17, 15) is 4.79 Å². The predicted octanol–water partition coefficient (Wildman–Crippen LogP) is 2.72. The van der Waals surface area contributed by atoms with Crippen LogP contribution in [0.25, 0.3) is 11.4 Å². The second kappa shape index (κ2) is 10.9. The summed E-state index contributed by atoms with van der Waals surface area (Å²) >= 11 is 0. The number of amides is 1. The lowest BCUT2D eigenvalue weighted by molar-refractivity contribution is 0.0904. The van der Waals surface area contributed by atoms with Crippen molar-refractivity contribution in [2.45, 2.75) is 18.9 Å². The molecule has 3 aromatic rings. The van der Waals surface area contributed by atoms with Crippen molar-refractivity contribution in [2.24, 2.45) is 5.73 Å². The average Bonchev–Trinajstić information content (AvgIpc) is 2.91. The molecule has 2 aliphatic rings. The van der Waals surface area contributed by atoms with Gasteiger partial charge in [-0.25, -0.2) is 9.97 Å². The Labute approximate surface area is 210 Å². The van der Waals surface area contributed by atoms with E-state index in [4.69, 9.17) is 15.5 Å². The molecule has 2 aromatic heterocycles. The summed E-state index contributed by atoms with van der Waals surface area (Å²) in [6, 6.07) is 13.9. The normalized spacial score (nSPS) is 17.1. The molecule has 5 rings (SSSR count). The Kier molecular flexibility index (Phi) is 7.24. The number of hydrogen-bond acceptors (Lipinski definition) is 9. The molecule has 2 aliphatic heterocycles. The molecule has 10 heteroatoms. The van der Waals surface area contributed by atoms with Gasteiger partial charge in [0.2, 0.25) is 0 Å². The van der Waals surface area contributed by atoms with E-state index in [2.05, 4.69) is 49.6 Å². The maximum atomic E-state index is 12.4. The lowest BCUT2D eigenvalue weighted by Crippen LogP contribution is -2.44. The van der Waals surface area contributed by atoms with Gasteiger partial charge in [-0.1, -0.05) is 6.07 Å². The molecule has 0 radical (unpaired) electrons. The van der Waals surface area contributed by atoms with Crippen molar-refractivity contribution in [1.29, 1.82) is 0 Å². The van der Waals surface area contributed by atoms with Crippen LogP contribution in [0.5, 0.6) is 0 Å². The Morgan fingerprint density at radius 1 is 1.00 bits per heavy atom. The number of carbonyl (C=O) groups excluding carboxylic acids is 1. The van der Waals surface area contributed by atoms with Crippen LogP contribution in [0.3, 0.4) is 0 Å². The van der Waals surface area contributed by atoms with Crippen molar-refractivity contribution in [3.8, 4) is 11.4 Å². The molecule has 10 nitrogen and oxygen atoms in total. The average molecular weight is 489 g/mol. The van der Waals surface area contributed by atoms with Crippen LogP contribution >= 0.6 is 0 Å². The fourth-order valence-electron chi connectivity index (χ4n) is 4.47. The monoisotopic (exact) mass is 488 g/mol. The van der Waals surface area contributed by atoms with Gasteiger partial charge in [-0.05, 0) is 56.3 Å². The van der Waals surface area contributed by atoms with Gasteiger partial charge in [0.15, 0.2) is 17.3 Å². The summed E-state index contributed by atoms with van der Waals surface area (Å²) in [6.45, 7) is 5.46. The van der Waals surface area contributed by atoms with Crippen molar-refractivity contribution in [2.75, 3.05) is 62.0 Å². The van der Waals surface area contributed by atoms with Crippen LogP contribution < -0.4 is 21.3 Å². The Bertz CT molecular complexity index is 1170. The number of nitrogens with one attached hydrogen (secondary N) is 2. The molecule has 1 aromatic carbocycles. The van der Waals surface area contributed by atoms with Gasteiger partial charge in [0, 0.05) is 63.0 Å². The van der Waals surface area contributed by atoms with Crippen molar-refractivity contribution in [1.82, 2.24) is 19.9 Å². The smallest absolute Gasteiger partial charge is 0.271 e. The van der Waals surface area contributed by atoms with Gasteiger partial charge < -0.3 is 30.9 Å². The van der Waals surface area contributed by atoms with Crippen molar-refractivity contribution < 1.29 is 9.53 Å². The molecule has 0 bridgehead atoms. The van der Waals surface area contributed by atoms with Crippen LogP contribution in [0.15, 0.2) is 48.7 Å². The van der Waals surface area contributed by atoms with Crippen molar-refractivity contribution in [3.05, 3.63) is 54.4 Å². The van der Waals surface area contributed by atoms with E-state index < -0.39 is 5.91 Å². The van der Waals surface area contributed by atoms with Crippen LogP contribution in [0.2, 0.25) is 0 Å². The van der Waals surface area contributed by atoms with E-state index in [-0.39, 0.29) is 11.7 Å². The highest BCUT2D eigenvalue weighted by atomic mass is 16.5. The van der Waals surface area contributed by atoms with Gasteiger partial charge in [-0.15, -0.1) is 0 Å². The van der Waals surface area contributed by atoms with Gasteiger partial charge in [0.1, 0.15) is 5.69 Å². The fourth-order valence-corrected chi connectivity index (χ4v) is 4.47. The molecule has 0 saturated carbocycles. The molecule has 0 spiro atoms. The van der Waals surface area contributed by atoms with Gasteiger partial charge in [-0.2, -0.15) is 0 Å². The van der Waals surface area contributed by atoms with Gasteiger partial charge in [0.25, 0.3) is 5.91 Å². The minimum Gasteiger partial charge on any atom is -0.381 e. The molecule has 4 heterocycles. The molecular weight excluding hydrogens is 456 g/mol. The number of rotatable bonds is 7. The summed E-state index contributed by atoms with van der Waals surface area (Å²) in [5.41, 5.74) is 8.87. The quantitative estimate of drug-likeness (QED) is 0.461. The van der Waals surface area contributed by atoms with Gasteiger partial charge in [-0.3, -0.25) is 9.78 Å². The van der Waals surface area contributed by atoms with E-state index in [1.54, 1.807) is 6.20 Å². The topological polar surface area (TPSA) is 122 Å². The number of anilines is 4. The molecular formula is C26H32N8O2. The predicted molar refractivity (Wildman–Crippen MR) is 141 cm³/mol. The third-order valence-electron chi connectivity index (χ3n) is 6.60. The number of primary amides is 1. The molecule has 4 N–H and O–H groups in total. The number of ether oxygens (including phenoxy) is 1. The van der Waals surface area contributed by atoms with Gasteiger partial charge in [0.05, 0.1) is 5.69 Å². The number of pyridine rings is 1. The van der Waals surface area contributed by atoms with Gasteiger partial charge >= 0.3 is 0 Å². The highest BCUT2D eigenvalue weighted by Gasteiger charge is 2.23. The molecule has 2 saturated heterocycles. The number of benzene rings is 1. The number of piperazine rings is 1. The van der Waals surface area contributed by atoms with E-state index in [1.807, 2.05) is 30.3 Å². The molecule has 0 aliphatic carbocycles. The van der Waals surface area contributed by atoms with E-state index in [0.717, 1.165) is 44.7 Å².